The Hall–Kier alpha value is 0. The SMILES string of the molecule is CC1C[C]C12CC2. The summed E-state index contributed by atoms with van der Waals surface area (Å²) in [5, 5.41) is 0. The van der Waals surface area contributed by atoms with Crippen molar-refractivity contribution in [3.05, 3.63) is 6.42 Å². The summed E-state index contributed by atoms with van der Waals surface area (Å²) in [6, 6.07) is 0. The van der Waals surface area contributed by atoms with E-state index in [9.17, 15) is 0 Å². The molecular weight excluding hydrogens is 84.1 g/mol. The van der Waals surface area contributed by atoms with Gasteiger partial charge in [0.25, 0.3) is 0 Å². The van der Waals surface area contributed by atoms with E-state index < -0.39 is 0 Å². The van der Waals surface area contributed by atoms with E-state index in [4.69, 9.17) is 0 Å². The van der Waals surface area contributed by atoms with E-state index >= 15 is 0 Å². The van der Waals surface area contributed by atoms with Crippen LogP contribution in [0, 0.1) is 17.8 Å². The van der Waals surface area contributed by atoms with Gasteiger partial charge in [-0.25, -0.2) is 0 Å². The Balaban J connectivity index is 2.09. The quantitative estimate of drug-likeness (QED) is 0.430. The van der Waals surface area contributed by atoms with Gasteiger partial charge in [-0.1, -0.05) is 6.92 Å². The summed E-state index contributed by atoms with van der Waals surface area (Å²) in [5.74, 6) is 0.979. The van der Waals surface area contributed by atoms with E-state index in [-0.39, 0.29) is 0 Å². The molecule has 1 atom stereocenters. The van der Waals surface area contributed by atoms with Crippen LogP contribution in [0.2, 0.25) is 0 Å². The Morgan fingerprint density at radius 2 is 2.29 bits per heavy atom. The van der Waals surface area contributed by atoms with Gasteiger partial charge in [0, 0.05) is 0 Å². The van der Waals surface area contributed by atoms with Crippen LogP contribution in [0.4, 0.5) is 0 Å². The van der Waals surface area contributed by atoms with Gasteiger partial charge in [0.1, 0.15) is 0 Å². The van der Waals surface area contributed by atoms with Gasteiger partial charge < -0.3 is 0 Å². The van der Waals surface area contributed by atoms with Crippen LogP contribution < -0.4 is 0 Å². The fraction of sp³-hybridized carbons (Fsp3) is 0.857. The topological polar surface area (TPSA) is 0 Å². The average Bonchev–Trinajstić information content (AvgIpc) is 2.40. The first kappa shape index (κ1) is 3.94. The van der Waals surface area contributed by atoms with Crippen molar-refractivity contribution < 1.29 is 0 Å². The van der Waals surface area contributed by atoms with Crippen LogP contribution in [0.1, 0.15) is 26.2 Å². The van der Waals surface area contributed by atoms with Crippen LogP contribution in [-0.4, -0.2) is 0 Å². The van der Waals surface area contributed by atoms with Crippen LogP contribution >= 0.6 is 0 Å². The summed E-state index contributed by atoms with van der Waals surface area (Å²) in [4.78, 5) is 0. The van der Waals surface area contributed by atoms with Crippen molar-refractivity contribution >= 4 is 0 Å². The molecule has 0 heterocycles. The molecule has 1 unspecified atom stereocenters. The molecule has 2 radical (unpaired) electrons. The van der Waals surface area contributed by atoms with Crippen LogP contribution in [0.25, 0.3) is 0 Å². The molecule has 0 saturated heterocycles. The largest absolute Gasteiger partial charge is 0.0619 e. The predicted octanol–water partition coefficient (Wildman–Crippen LogP) is 1.89. The van der Waals surface area contributed by atoms with E-state index in [1.165, 1.54) is 19.3 Å². The molecule has 2 fully saturated rings. The van der Waals surface area contributed by atoms with E-state index in [0.29, 0.717) is 5.41 Å². The highest BCUT2D eigenvalue weighted by Gasteiger charge is 2.53. The molecule has 7 heavy (non-hydrogen) atoms. The van der Waals surface area contributed by atoms with E-state index in [1.54, 1.807) is 0 Å². The maximum Gasteiger partial charge on any atom is -0.0100 e. The molecule has 2 rings (SSSR count). The lowest BCUT2D eigenvalue weighted by atomic mass is 9.72. The third-order valence-electron chi connectivity index (χ3n) is 2.49. The zero-order valence-corrected chi connectivity index (χ0v) is 4.70. The second-order valence-corrected chi connectivity index (χ2v) is 2.94. The van der Waals surface area contributed by atoms with Gasteiger partial charge in [0.05, 0.1) is 0 Å². The fourth-order valence-electron chi connectivity index (χ4n) is 1.40. The second-order valence-electron chi connectivity index (χ2n) is 2.94. The van der Waals surface area contributed by atoms with Crippen molar-refractivity contribution in [3.8, 4) is 0 Å². The smallest absolute Gasteiger partial charge is 0.0100 e. The molecule has 0 amide bonds. The van der Waals surface area contributed by atoms with Gasteiger partial charge in [0.2, 0.25) is 0 Å². The summed E-state index contributed by atoms with van der Waals surface area (Å²) >= 11 is 0. The van der Waals surface area contributed by atoms with Gasteiger partial charge in [-0.15, -0.1) is 0 Å². The van der Waals surface area contributed by atoms with Gasteiger partial charge in [-0.2, -0.15) is 0 Å². The molecule has 0 aromatic rings. The van der Waals surface area contributed by atoms with Crippen molar-refractivity contribution in [3.63, 3.8) is 0 Å². The second kappa shape index (κ2) is 0.888. The third kappa shape index (κ3) is 0.332. The highest BCUT2D eigenvalue weighted by Crippen LogP contribution is 2.63. The normalized spacial score (nSPS) is 43.3. The zero-order valence-electron chi connectivity index (χ0n) is 4.70. The number of hydrogen-bond donors (Lipinski definition) is 0. The van der Waals surface area contributed by atoms with Gasteiger partial charge >= 0.3 is 0 Å². The van der Waals surface area contributed by atoms with Gasteiger partial charge in [-0.05, 0) is 37.0 Å². The summed E-state index contributed by atoms with van der Waals surface area (Å²) in [6.07, 6.45) is 7.59. The highest BCUT2D eigenvalue weighted by atomic mass is 14.6. The van der Waals surface area contributed by atoms with Crippen LogP contribution in [0.3, 0.4) is 0 Å². The molecule has 2 aliphatic carbocycles. The first-order valence-electron chi connectivity index (χ1n) is 3.08. The highest BCUT2D eigenvalue weighted by molar-refractivity contribution is 5.15. The molecule has 0 aromatic heterocycles. The van der Waals surface area contributed by atoms with Gasteiger partial charge in [0.15, 0.2) is 0 Å². The van der Waals surface area contributed by atoms with Gasteiger partial charge in [-0.3, -0.25) is 0 Å². The molecule has 2 aliphatic rings. The lowest BCUT2D eigenvalue weighted by molar-refractivity contribution is 0.265. The Kier molecular flexibility index (Phi) is 0.499. The predicted molar refractivity (Wildman–Crippen MR) is 28.7 cm³/mol. The van der Waals surface area contributed by atoms with Crippen molar-refractivity contribution in [2.24, 2.45) is 11.3 Å². The minimum atomic E-state index is 0.681. The van der Waals surface area contributed by atoms with Crippen LogP contribution in [0.5, 0.6) is 0 Å². The molecule has 38 valence electrons. The van der Waals surface area contributed by atoms with Crippen LogP contribution in [0.15, 0.2) is 0 Å². The van der Waals surface area contributed by atoms with Crippen molar-refractivity contribution in [1.29, 1.82) is 0 Å². The Labute approximate surface area is 44.9 Å². The molecule has 0 aromatic carbocycles. The van der Waals surface area contributed by atoms with E-state index in [2.05, 4.69) is 13.3 Å². The fourth-order valence-corrected chi connectivity index (χ4v) is 1.40. The maximum absolute atomic E-state index is 3.45. The molecule has 0 bridgehead atoms. The third-order valence-corrected chi connectivity index (χ3v) is 2.49. The summed E-state index contributed by atoms with van der Waals surface area (Å²) in [6.45, 7) is 2.34. The molecule has 0 N–H and O–H groups in total. The molecule has 0 nitrogen and oxygen atoms in total. The Bertz CT molecular complexity index is 90.2. The van der Waals surface area contributed by atoms with E-state index in [0.717, 1.165) is 5.92 Å². The lowest BCUT2D eigenvalue weighted by Gasteiger charge is -2.32. The Morgan fingerprint density at radius 1 is 1.57 bits per heavy atom. The minimum absolute atomic E-state index is 0.681. The summed E-state index contributed by atoms with van der Waals surface area (Å²) in [7, 11) is 0. The van der Waals surface area contributed by atoms with Crippen molar-refractivity contribution in [1.82, 2.24) is 0 Å². The number of hydrogen-bond acceptors (Lipinski definition) is 0. The van der Waals surface area contributed by atoms with Crippen molar-refractivity contribution in [2.45, 2.75) is 26.2 Å². The van der Waals surface area contributed by atoms with Crippen LogP contribution in [-0.2, 0) is 0 Å². The van der Waals surface area contributed by atoms with Crippen molar-refractivity contribution in [2.75, 3.05) is 0 Å². The number of rotatable bonds is 0. The average molecular weight is 94.2 g/mol. The molecule has 0 heteroatoms. The minimum Gasteiger partial charge on any atom is -0.0619 e. The lowest BCUT2D eigenvalue weighted by Crippen LogP contribution is -2.24. The van der Waals surface area contributed by atoms with E-state index in [1.807, 2.05) is 0 Å². The molecular formula is C7H10. The summed E-state index contributed by atoms with van der Waals surface area (Å²) < 4.78 is 0. The maximum atomic E-state index is 3.45. The molecule has 1 spiro atoms. The monoisotopic (exact) mass is 94.1 g/mol. The zero-order chi connectivity index (χ0) is 4.91. The standard InChI is InChI=1S/C7H10/c1-6-2-3-7(6)4-5-7/h6H,2,4-5H2,1H3. The molecule has 2 saturated carbocycles. The first-order chi connectivity index (χ1) is 3.33. The first-order valence-corrected chi connectivity index (χ1v) is 3.08. The molecule has 0 aliphatic heterocycles. The summed E-state index contributed by atoms with van der Waals surface area (Å²) in [5.41, 5.74) is 0.681. The Morgan fingerprint density at radius 3 is 2.29 bits per heavy atom.